The van der Waals surface area contributed by atoms with Crippen LogP contribution in [0.2, 0.25) is 0 Å². The number of hydrogen-bond acceptors (Lipinski definition) is 4. The second-order valence-electron chi connectivity index (χ2n) is 16.5. The SMILES string of the molecule is CC1CCC2N(C1)CC1C3CC4C5(CCC6CCC7C(O)CCC64C7C(O)C5)C3CC3CCCC2(O)C31. The Labute approximate surface area is 224 Å². The maximum absolute atomic E-state index is 12.6. The molecular formula is C33H51NO3. The van der Waals surface area contributed by atoms with E-state index in [-0.39, 0.29) is 12.2 Å². The molecule has 2 aliphatic heterocycles. The average molecular weight is 510 g/mol. The third-order valence-corrected chi connectivity index (χ3v) is 15.9. The van der Waals surface area contributed by atoms with Crippen molar-refractivity contribution in [1.29, 1.82) is 0 Å². The van der Waals surface area contributed by atoms with Crippen molar-refractivity contribution in [3.05, 3.63) is 0 Å². The molecule has 0 aromatic heterocycles. The number of fused-ring (bicyclic) bond motifs is 4. The summed E-state index contributed by atoms with van der Waals surface area (Å²) in [5, 5.41) is 35.6. The Bertz CT molecular complexity index is 971. The van der Waals surface area contributed by atoms with E-state index in [1.165, 1.54) is 77.3 Å². The van der Waals surface area contributed by atoms with Crippen LogP contribution in [0.4, 0.5) is 0 Å². The van der Waals surface area contributed by atoms with Gasteiger partial charge in [-0.2, -0.15) is 0 Å². The third-order valence-electron chi connectivity index (χ3n) is 15.9. The highest BCUT2D eigenvalue weighted by Crippen LogP contribution is 2.80. The molecule has 16 atom stereocenters. The van der Waals surface area contributed by atoms with Crippen LogP contribution in [0.1, 0.15) is 96.8 Å². The maximum atomic E-state index is 12.6. The van der Waals surface area contributed by atoms with Crippen LogP contribution >= 0.6 is 0 Å². The molecule has 0 aromatic rings. The van der Waals surface area contributed by atoms with Crippen molar-refractivity contribution >= 4 is 0 Å². The lowest BCUT2D eigenvalue weighted by Gasteiger charge is -2.71. The molecule has 3 bridgehead atoms. The van der Waals surface area contributed by atoms with Gasteiger partial charge in [-0.3, -0.25) is 4.90 Å². The van der Waals surface area contributed by atoms with Gasteiger partial charge in [0.15, 0.2) is 0 Å². The van der Waals surface area contributed by atoms with Crippen molar-refractivity contribution in [2.45, 2.75) is 121 Å². The molecule has 16 unspecified atom stereocenters. The summed E-state index contributed by atoms with van der Waals surface area (Å²) in [5.41, 5.74) is 0.188. The monoisotopic (exact) mass is 509 g/mol. The Morgan fingerprint density at radius 2 is 1.65 bits per heavy atom. The van der Waals surface area contributed by atoms with Gasteiger partial charge in [-0.25, -0.2) is 0 Å². The first-order valence-electron chi connectivity index (χ1n) is 16.7. The molecule has 206 valence electrons. The van der Waals surface area contributed by atoms with E-state index in [1.54, 1.807) is 0 Å². The summed E-state index contributed by atoms with van der Waals surface area (Å²) < 4.78 is 0. The van der Waals surface area contributed by atoms with Gasteiger partial charge in [0.1, 0.15) is 0 Å². The van der Waals surface area contributed by atoms with Crippen LogP contribution in [0.15, 0.2) is 0 Å². The number of aliphatic hydroxyl groups is 3. The molecule has 3 N–H and O–H groups in total. The van der Waals surface area contributed by atoms with Crippen molar-refractivity contribution in [3.8, 4) is 0 Å². The van der Waals surface area contributed by atoms with E-state index in [9.17, 15) is 15.3 Å². The highest BCUT2D eigenvalue weighted by atomic mass is 16.3. The van der Waals surface area contributed by atoms with Crippen LogP contribution in [0.25, 0.3) is 0 Å². The second-order valence-corrected chi connectivity index (χ2v) is 16.5. The van der Waals surface area contributed by atoms with Crippen LogP contribution in [0, 0.1) is 70.0 Å². The Hall–Kier alpha value is -0.160. The highest BCUT2D eigenvalue weighted by molar-refractivity contribution is 5.25. The first-order valence-corrected chi connectivity index (χ1v) is 16.7. The van der Waals surface area contributed by atoms with Gasteiger partial charge >= 0.3 is 0 Å². The summed E-state index contributed by atoms with van der Waals surface area (Å²) in [6.45, 7) is 4.87. The summed E-state index contributed by atoms with van der Waals surface area (Å²) in [4.78, 5) is 2.79. The van der Waals surface area contributed by atoms with E-state index < -0.39 is 5.60 Å². The number of aliphatic hydroxyl groups excluding tert-OH is 2. The fourth-order valence-corrected chi connectivity index (χ4v) is 15.3. The van der Waals surface area contributed by atoms with E-state index in [0.29, 0.717) is 46.5 Å². The molecule has 0 aromatic carbocycles. The van der Waals surface area contributed by atoms with Gasteiger partial charge in [0.2, 0.25) is 0 Å². The summed E-state index contributed by atoms with van der Waals surface area (Å²) in [5.74, 6) is 6.42. The van der Waals surface area contributed by atoms with Crippen LogP contribution in [0.3, 0.4) is 0 Å². The van der Waals surface area contributed by atoms with Gasteiger partial charge in [-0.15, -0.1) is 0 Å². The van der Waals surface area contributed by atoms with Gasteiger partial charge in [-0.05, 0) is 153 Å². The molecule has 9 rings (SSSR count). The molecule has 37 heavy (non-hydrogen) atoms. The Balaban J connectivity index is 1.15. The Morgan fingerprint density at radius 1 is 0.757 bits per heavy atom. The zero-order valence-electron chi connectivity index (χ0n) is 23.1. The standard InChI is InChI=1S/C33H51NO3/c1-18-4-7-28-33(37)10-2-3-19-13-24-22(23(29(19)33)17-34(28)16-18)14-27-31(24)11-8-20-5-6-21-25(35)9-12-32(20,27)30(21)26(36)15-31/h18-30,35-37H,2-17H2,1H3. The Kier molecular flexibility index (Phi) is 4.81. The quantitative estimate of drug-likeness (QED) is 0.437. The topological polar surface area (TPSA) is 63.9 Å². The number of nitrogens with zero attached hydrogens (tertiary/aromatic N) is 1. The van der Waals surface area contributed by atoms with E-state index in [2.05, 4.69) is 11.8 Å². The van der Waals surface area contributed by atoms with Gasteiger partial charge in [-0.1, -0.05) is 13.3 Å². The molecule has 7 aliphatic carbocycles. The molecule has 0 amide bonds. The van der Waals surface area contributed by atoms with E-state index >= 15 is 0 Å². The molecule has 9 aliphatic rings. The third kappa shape index (κ3) is 2.68. The van der Waals surface area contributed by atoms with E-state index in [4.69, 9.17) is 0 Å². The van der Waals surface area contributed by atoms with Crippen LogP contribution in [-0.2, 0) is 0 Å². The van der Waals surface area contributed by atoms with Crippen LogP contribution in [0.5, 0.6) is 0 Å². The first kappa shape index (κ1) is 23.5. The molecule has 9 fully saturated rings. The summed E-state index contributed by atoms with van der Waals surface area (Å²) in [7, 11) is 0. The van der Waals surface area contributed by atoms with Crippen molar-refractivity contribution in [2.24, 2.45) is 70.0 Å². The molecule has 4 nitrogen and oxygen atoms in total. The molecular weight excluding hydrogens is 458 g/mol. The predicted molar refractivity (Wildman–Crippen MR) is 142 cm³/mol. The van der Waals surface area contributed by atoms with Crippen LogP contribution in [-0.4, -0.2) is 57.2 Å². The minimum Gasteiger partial charge on any atom is -0.393 e. The highest BCUT2D eigenvalue weighted by Gasteiger charge is 2.76. The molecule has 0 radical (unpaired) electrons. The smallest absolute Gasteiger partial charge is 0.0836 e. The van der Waals surface area contributed by atoms with Gasteiger partial charge in [0, 0.05) is 19.1 Å². The maximum Gasteiger partial charge on any atom is 0.0836 e. The lowest BCUT2D eigenvalue weighted by molar-refractivity contribution is -0.266. The molecule has 1 spiro atoms. The second kappa shape index (κ2) is 7.56. The fraction of sp³-hybridized carbons (Fsp3) is 1.00. The van der Waals surface area contributed by atoms with Gasteiger partial charge in [0.25, 0.3) is 0 Å². The Morgan fingerprint density at radius 3 is 2.54 bits per heavy atom. The summed E-state index contributed by atoms with van der Waals surface area (Å²) in [6, 6.07) is 0.408. The minimum atomic E-state index is -0.453. The number of piperidine rings is 2. The van der Waals surface area contributed by atoms with Crippen LogP contribution < -0.4 is 0 Å². The minimum absolute atomic E-state index is 0.182. The summed E-state index contributed by atoms with van der Waals surface area (Å²) >= 11 is 0. The predicted octanol–water partition coefficient (Wildman–Crippen LogP) is 4.85. The van der Waals surface area contributed by atoms with Crippen molar-refractivity contribution < 1.29 is 15.3 Å². The van der Waals surface area contributed by atoms with Gasteiger partial charge < -0.3 is 15.3 Å². The van der Waals surface area contributed by atoms with Crippen molar-refractivity contribution in [3.63, 3.8) is 0 Å². The van der Waals surface area contributed by atoms with Crippen molar-refractivity contribution in [1.82, 2.24) is 4.90 Å². The molecule has 4 heteroatoms. The van der Waals surface area contributed by atoms with E-state index in [1.807, 2.05) is 0 Å². The zero-order chi connectivity index (χ0) is 24.9. The molecule has 2 saturated heterocycles. The number of rotatable bonds is 0. The lowest BCUT2D eigenvalue weighted by atomic mass is 9.34. The normalized spacial score (nSPS) is 65.7. The largest absolute Gasteiger partial charge is 0.393 e. The molecule has 2 heterocycles. The van der Waals surface area contributed by atoms with Crippen molar-refractivity contribution in [2.75, 3.05) is 13.1 Å². The summed E-state index contributed by atoms with van der Waals surface area (Å²) in [6.07, 6.45) is 16.8. The van der Waals surface area contributed by atoms with E-state index in [0.717, 1.165) is 55.3 Å². The zero-order valence-corrected chi connectivity index (χ0v) is 23.1. The number of hydrogen-bond donors (Lipinski definition) is 3. The lowest BCUT2D eigenvalue weighted by Crippen LogP contribution is -2.71. The first-order chi connectivity index (χ1) is 17.9. The average Bonchev–Trinajstić information content (AvgIpc) is 3.21. The van der Waals surface area contributed by atoms with Gasteiger partial charge in [0.05, 0.1) is 17.8 Å². The molecule has 7 saturated carbocycles. The fourth-order valence-electron chi connectivity index (χ4n) is 15.3.